The second kappa shape index (κ2) is 13.0. The number of fused-ring (bicyclic) bond motifs is 13. The van der Waals surface area contributed by atoms with Crippen LogP contribution in [0.4, 0.5) is 0 Å². The van der Waals surface area contributed by atoms with Crippen LogP contribution in [0.15, 0.2) is 211 Å². The van der Waals surface area contributed by atoms with E-state index < -0.39 is 0 Å². The maximum Gasteiger partial charge on any atom is 0.139 e. The molecule has 1 unspecified atom stereocenters. The molecule has 13 rings (SSSR count). The topological polar surface area (TPSA) is 18.1 Å². The van der Waals surface area contributed by atoms with Gasteiger partial charge in [0.25, 0.3) is 0 Å². The molecule has 0 amide bonds. The van der Waals surface area contributed by atoms with E-state index in [-0.39, 0.29) is 5.92 Å². The molecule has 0 saturated heterocycles. The molecule has 1 atom stereocenters. The Hall–Kier alpha value is -7.46. The van der Waals surface area contributed by atoms with Gasteiger partial charge in [0.05, 0.1) is 11.0 Å². The first-order chi connectivity index (χ1) is 29.8. The molecule has 280 valence electrons. The molecule has 0 saturated carbocycles. The lowest BCUT2D eigenvalue weighted by molar-refractivity contribution is 0.661. The van der Waals surface area contributed by atoms with Gasteiger partial charge in [0.15, 0.2) is 0 Å². The first kappa shape index (κ1) is 33.5. The highest BCUT2D eigenvalue weighted by molar-refractivity contribution is 7.27. The van der Waals surface area contributed by atoms with E-state index in [4.69, 9.17) is 4.42 Å². The maximum atomic E-state index is 6.99. The summed E-state index contributed by atoms with van der Waals surface area (Å²) in [4.78, 5) is 0. The first-order valence-electron chi connectivity index (χ1n) is 20.6. The van der Waals surface area contributed by atoms with Crippen LogP contribution in [-0.4, -0.2) is 4.57 Å². The fourth-order valence-corrected chi connectivity index (χ4v) is 11.4. The maximum absolute atomic E-state index is 6.99. The van der Waals surface area contributed by atoms with Crippen molar-refractivity contribution in [3.05, 3.63) is 223 Å². The predicted molar refractivity (Wildman–Crippen MR) is 255 cm³/mol. The molecule has 0 aliphatic rings. The summed E-state index contributed by atoms with van der Waals surface area (Å²) in [5.74, 6) is -0.107. The third-order valence-corrected chi connectivity index (χ3v) is 14.0. The zero-order valence-corrected chi connectivity index (χ0v) is 33.3. The highest BCUT2D eigenvalue weighted by Crippen LogP contribution is 2.48. The SMILES string of the molecule is c1cc(-c2cccc(-n3c4ccccc4c4ccccc43)c2)cc(C(c2cccc3c2oc2ccc4ccccc4c23)c2cccc3c2sc2c4ccccc4ccc32)c1. The lowest BCUT2D eigenvalue weighted by Gasteiger charge is -2.21. The molecule has 0 radical (unpaired) electrons. The molecule has 3 aromatic heterocycles. The summed E-state index contributed by atoms with van der Waals surface area (Å²) in [5, 5.41) is 12.4. The molecule has 0 bridgehead atoms. The van der Waals surface area contributed by atoms with Gasteiger partial charge in [-0.25, -0.2) is 0 Å². The number of rotatable bonds is 5. The average Bonchev–Trinajstić information content (AvgIpc) is 4.00. The summed E-state index contributed by atoms with van der Waals surface area (Å²) in [6, 6.07) is 75.6. The third kappa shape index (κ3) is 4.93. The van der Waals surface area contributed by atoms with E-state index in [9.17, 15) is 0 Å². The normalized spacial score (nSPS) is 12.6. The molecule has 0 spiro atoms. The van der Waals surface area contributed by atoms with Crippen LogP contribution < -0.4 is 0 Å². The first-order valence-corrected chi connectivity index (χ1v) is 21.4. The number of aromatic nitrogens is 1. The van der Waals surface area contributed by atoms with Crippen molar-refractivity contribution in [1.82, 2.24) is 4.57 Å². The Labute approximate surface area is 349 Å². The number of para-hydroxylation sites is 3. The van der Waals surface area contributed by atoms with Crippen molar-refractivity contribution >= 4 is 96.8 Å². The summed E-state index contributed by atoms with van der Waals surface area (Å²) in [7, 11) is 0. The molecule has 0 aliphatic heterocycles. The van der Waals surface area contributed by atoms with Crippen molar-refractivity contribution in [3.63, 3.8) is 0 Å². The fraction of sp³-hybridized carbons (Fsp3) is 0.0175. The quantitative estimate of drug-likeness (QED) is 0.159. The van der Waals surface area contributed by atoms with Crippen molar-refractivity contribution in [2.45, 2.75) is 5.92 Å². The number of furan rings is 1. The van der Waals surface area contributed by atoms with Crippen molar-refractivity contribution in [3.8, 4) is 16.8 Å². The Bertz CT molecular complexity index is 3790. The van der Waals surface area contributed by atoms with Crippen LogP contribution >= 0.6 is 11.3 Å². The molecular formula is C57H35NOS. The van der Waals surface area contributed by atoms with Crippen LogP contribution in [0.5, 0.6) is 0 Å². The molecule has 60 heavy (non-hydrogen) atoms. The second-order valence-electron chi connectivity index (χ2n) is 16.0. The molecule has 10 aromatic carbocycles. The highest BCUT2D eigenvalue weighted by atomic mass is 32.1. The zero-order chi connectivity index (χ0) is 39.3. The molecule has 2 nitrogen and oxygen atoms in total. The van der Waals surface area contributed by atoms with Crippen LogP contribution in [0.3, 0.4) is 0 Å². The van der Waals surface area contributed by atoms with E-state index in [1.54, 1.807) is 0 Å². The zero-order valence-electron chi connectivity index (χ0n) is 32.5. The van der Waals surface area contributed by atoms with E-state index in [1.807, 2.05) is 11.3 Å². The monoisotopic (exact) mass is 781 g/mol. The highest BCUT2D eigenvalue weighted by Gasteiger charge is 2.26. The number of nitrogens with zero attached hydrogens (tertiary/aromatic N) is 1. The van der Waals surface area contributed by atoms with Crippen molar-refractivity contribution in [1.29, 1.82) is 0 Å². The molecule has 0 N–H and O–H groups in total. The third-order valence-electron chi connectivity index (χ3n) is 12.7. The Balaban J connectivity index is 1.05. The smallest absolute Gasteiger partial charge is 0.139 e. The summed E-state index contributed by atoms with van der Waals surface area (Å²) >= 11 is 1.92. The molecule has 3 heterocycles. The predicted octanol–water partition coefficient (Wildman–Crippen LogP) is 16.2. The summed E-state index contributed by atoms with van der Waals surface area (Å²) in [6.07, 6.45) is 0. The van der Waals surface area contributed by atoms with E-state index in [0.717, 1.165) is 22.2 Å². The van der Waals surface area contributed by atoms with Gasteiger partial charge in [-0.3, -0.25) is 0 Å². The van der Waals surface area contributed by atoms with Gasteiger partial charge >= 0.3 is 0 Å². The van der Waals surface area contributed by atoms with Crippen LogP contribution in [0.1, 0.15) is 22.6 Å². The second-order valence-corrected chi connectivity index (χ2v) is 17.0. The van der Waals surface area contributed by atoms with Crippen LogP contribution in [0.2, 0.25) is 0 Å². The van der Waals surface area contributed by atoms with Crippen molar-refractivity contribution < 1.29 is 4.42 Å². The summed E-state index contributed by atoms with van der Waals surface area (Å²) in [5.41, 5.74) is 11.4. The average molecular weight is 782 g/mol. The van der Waals surface area contributed by atoms with E-state index in [2.05, 4.69) is 211 Å². The number of hydrogen-bond acceptors (Lipinski definition) is 2. The Morgan fingerprint density at radius 3 is 1.78 bits per heavy atom. The van der Waals surface area contributed by atoms with E-state index in [0.29, 0.717) is 0 Å². The van der Waals surface area contributed by atoms with Crippen LogP contribution in [0.25, 0.3) is 102 Å². The van der Waals surface area contributed by atoms with Gasteiger partial charge in [0, 0.05) is 58.9 Å². The van der Waals surface area contributed by atoms with Crippen molar-refractivity contribution in [2.24, 2.45) is 0 Å². The Kier molecular flexibility index (Phi) is 7.27. The van der Waals surface area contributed by atoms with Gasteiger partial charge < -0.3 is 8.98 Å². The molecular weight excluding hydrogens is 747 g/mol. The van der Waals surface area contributed by atoms with E-state index in [1.165, 1.54) is 96.7 Å². The molecule has 0 fully saturated rings. The lowest BCUT2D eigenvalue weighted by Crippen LogP contribution is -2.04. The standard InChI is InChI=1S/C57H35NOS/c1-3-19-41-35(13-1)30-32-52-54(41)48-25-12-24-47(55(48)59-52)53(49-26-11-23-45-46-31-29-36-14-2-4-20-42(36)56(46)60-57(45)49)39-17-9-15-37(33-39)38-16-10-18-40(34-38)58-50-27-7-5-21-43(50)44-22-6-8-28-51(44)58/h1-34,53H. The minimum Gasteiger partial charge on any atom is -0.456 e. The summed E-state index contributed by atoms with van der Waals surface area (Å²) in [6.45, 7) is 0. The number of benzene rings is 10. The molecule has 3 heteroatoms. The van der Waals surface area contributed by atoms with Crippen LogP contribution in [-0.2, 0) is 0 Å². The van der Waals surface area contributed by atoms with Crippen molar-refractivity contribution in [2.75, 3.05) is 0 Å². The van der Waals surface area contributed by atoms with Gasteiger partial charge in [-0.1, -0.05) is 176 Å². The summed E-state index contributed by atoms with van der Waals surface area (Å²) < 4.78 is 12.0. The number of thiophene rings is 1. The number of hydrogen-bond donors (Lipinski definition) is 0. The Morgan fingerprint density at radius 1 is 0.400 bits per heavy atom. The fourth-order valence-electron chi connectivity index (χ4n) is 10.0. The van der Waals surface area contributed by atoms with Gasteiger partial charge in [0.2, 0.25) is 0 Å². The van der Waals surface area contributed by atoms with Gasteiger partial charge in [-0.2, -0.15) is 0 Å². The van der Waals surface area contributed by atoms with Crippen LogP contribution in [0, 0.1) is 0 Å². The minimum atomic E-state index is -0.107. The van der Waals surface area contributed by atoms with Gasteiger partial charge in [0.1, 0.15) is 11.2 Å². The minimum absolute atomic E-state index is 0.107. The largest absolute Gasteiger partial charge is 0.456 e. The van der Waals surface area contributed by atoms with Gasteiger partial charge in [-0.15, -0.1) is 11.3 Å². The molecule has 13 aromatic rings. The van der Waals surface area contributed by atoms with E-state index >= 15 is 0 Å². The van der Waals surface area contributed by atoms with Gasteiger partial charge in [-0.05, 0) is 74.1 Å². The lowest BCUT2D eigenvalue weighted by atomic mass is 9.82. The molecule has 0 aliphatic carbocycles. The Morgan fingerprint density at radius 2 is 0.983 bits per heavy atom.